The molecular formula is C20H27N3O3. The summed E-state index contributed by atoms with van der Waals surface area (Å²) in [6.07, 6.45) is 8.68. The van der Waals surface area contributed by atoms with Crippen LogP contribution in [0.5, 0.6) is 0 Å². The van der Waals surface area contributed by atoms with Gasteiger partial charge in [0.15, 0.2) is 5.78 Å². The number of rotatable bonds is 4. The van der Waals surface area contributed by atoms with Gasteiger partial charge in [0.05, 0.1) is 12.2 Å². The van der Waals surface area contributed by atoms with E-state index in [2.05, 4.69) is 4.98 Å². The third-order valence-electron chi connectivity index (χ3n) is 7.09. The van der Waals surface area contributed by atoms with Gasteiger partial charge < -0.3 is 9.88 Å². The number of urea groups is 1. The standard InChI is InChI=1S/C20H27N3O3/c1-20(15-10-13-5-6-14(11-15)8-7-13)18(25)23(19(26)22(20)2)12-17(24)16-4-3-9-21-16/h3-4,9,13-15,21H,5-8,10-12H2,1-2H3. The van der Waals surface area contributed by atoms with Crippen LogP contribution in [0.1, 0.15) is 55.9 Å². The third-order valence-corrected chi connectivity index (χ3v) is 7.09. The summed E-state index contributed by atoms with van der Waals surface area (Å²) in [5.74, 6) is 1.06. The van der Waals surface area contributed by atoms with Crippen molar-refractivity contribution in [3.05, 3.63) is 24.0 Å². The number of amides is 3. The highest BCUT2D eigenvalue weighted by molar-refractivity contribution is 6.10. The summed E-state index contributed by atoms with van der Waals surface area (Å²) in [5.41, 5.74) is -0.410. The zero-order valence-corrected chi connectivity index (χ0v) is 15.5. The van der Waals surface area contributed by atoms with Crippen molar-refractivity contribution < 1.29 is 14.4 Å². The zero-order chi connectivity index (χ0) is 18.5. The van der Waals surface area contributed by atoms with Gasteiger partial charge in [-0.3, -0.25) is 14.5 Å². The minimum atomic E-state index is -0.835. The van der Waals surface area contributed by atoms with E-state index in [4.69, 9.17) is 0 Å². The molecule has 4 fully saturated rings. The molecule has 6 heteroatoms. The van der Waals surface area contributed by atoms with Gasteiger partial charge in [-0.2, -0.15) is 0 Å². The highest BCUT2D eigenvalue weighted by Crippen LogP contribution is 2.48. The van der Waals surface area contributed by atoms with Gasteiger partial charge in [-0.15, -0.1) is 0 Å². The Morgan fingerprint density at radius 3 is 2.35 bits per heavy atom. The van der Waals surface area contributed by atoms with E-state index >= 15 is 0 Å². The van der Waals surface area contributed by atoms with Gasteiger partial charge in [0.2, 0.25) is 0 Å². The molecule has 1 aliphatic heterocycles. The number of hydrogen-bond acceptors (Lipinski definition) is 3. The van der Waals surface area contributed by atoms with Crippen molar-refractivity contribution in [1.82, 2.24) is 14.8 Å². The molecule has 5 rings (SSSR count). The van der Waals surface area contributed by atoms with Crippen molar-refractivity contribution in [2.24, 2.45) is 17.8 Å². The van der Waals surface area contributed by atoms with Crippen LogP contribution < -0.4 is 0 Å². The maximum Gasteiger partial charge on any atom is 0.327 e. The molecule has 0 spiro atoms. The Balaban J connectivity index is 1.58. The normalized spacial score (nSPS) is 34.5. The lowest BCUT2D eigenvalue weighted by Crippen LogP contribution is -2.51. The van der Waals surface area contributed by atoms with Crippen LogP contribution in [-0.4, -0.2) is 51.6 Å². The largest absolute Gasteiger partial charge is 0.359 e. The predicted octanol–water partition coefficient (Wildman–Crippen LogP) is 3.07. The van der Waals surface area contributed by atoms with Gasteiger partial charge in [0.1, 0.15) is 5.54 Å². The number of likely N-dealkylation sites (N-methyl/N-ethyl adjacent to an activating group) is 1. The second-order valence-electron chi connectivity index (χ2n) is 8.44. The van der Waals surface area contributed by atoms with E-state index in [9.17, 15) is 14.4 Å². The minimum Gasteiger partial charge on any atom is -0.359 e. The molecule has 26 heavy (non-hydrogen) atoms. The van der Waals surface area contributed by atoms with Crippen molar-refractivity contribution in [3.63, 3.8) is 0 Å². The first kappa shape index (κ1) is 17.3. The molecule has 3 saturated carbocycles. The maximum atomic E-state index is 13.3. The molecule has 2 bridgehead atoms. The van der Waals surface area contributed by atoms with Crippen molar-refractivity contribution >= 4 is 17.7 Å². The summed E-state index contributed by atoms with van der Waals surface area (Å²) in [7, 11) is 1.71. The maximum absolute atomic E-state index is 13.3. The van der Waals surface area contributed by atoms with E-state index in [0.29, 0.717) is 17.5 Å². The zero-order valence-electron chi connectivity index (χ0n) is 15.5. The Morgan fingerprint density at radius 2 is 1.81 bits per heavy atom. The average molecular weight is 357 g/mol. The predicted molar refractivity (Wildman–Crippen MR) is 96.6 cm³/mol. The summed E-state index contributed by atoms with van der Waals surface area (Å²) in [5, 5.41) is 0. The first-order valence-electron chi connectivity index (χ1n) is 9.67. The van der Waals surface area contributed by atoms with Crippen LogP contribution in [0.25, 0.3) is 0 Å². The lowest BCUT2D eigenvalue weighted by molar-refractivity contribution is -0.134. The van der Waals surface area contributed by atoms with Crippen LogP contribution >= 0.6 is 0 Å². The summed E-state index contributed by atoms with van der Waals surface area (Å²) in [6.45, 7) is 1.71. The van der Waals surface area contributed by atoms with E-state index < -0.39 is 5.54 Å². The van der Waals surface area contributed by atoms with Gasteiger partial charge >= 0.3 is 6.03 Å². The first-order valence-corrected chi connectivity index (χ1v) is 9.67. The Bertz CT molecular complexity index is 707. The molecule has 140 valence electrons. The molecule has 3 amide bonds. The van der Waals surface area contributed by atoms with Gasteiger partial charge in [-0.05, 0) is 49.7 Å². The van der Waals surface area contributed by atoms with E-state index in [0.717, 1.165) is 17.7 Å². The van der Waals surface area contributed by atoms with Crippen LogP contribution in [0.4, 0.5) is 4.79 Å². The number of nitrogens with one attached hydrogen (secondary N) is 1. The van der Waals surface area contributed by atoms with Gasteiger partial charge in [0, 0.05) is 13.2 Å². The Hall–Kier alpha value is -2.11. The van der Waals surface area contributed by atoms with Gasteiger partial charge in [0.25, 0.3) is 5.91 Å². The molecule has 1 N–H and O–H groups in total. The van der Waals surface area contributed by atoms with Crippen molar-refractivity contribution in [2.45, 2.75) is 51.0 Å². The number of aromatic amines is 1. The number of carbonyl (C=O) groups excluding carboxylic acids is 3. The van der Waals surface area contributed by atoms with Crippen molar-refractivity contribution in [3.8, 4) is 0 Å². The van der Waals surface area contributed by atoms with Crippen LogP contribution in [-0.2, 0) is 4.79 Å². The minimum absolute atomic E-state index is 0.175. The second kappa shape index (κ2) is 6.25. The van der Waals surface area contributed by atoms with Crippen LogP contribution in [0, 0.1) is 17.8 Å². The quantitative estimate of drug-likeness (QED) is 0.665. The van der Waals surface area contributed by atoms with Crippen molar-refractivity contribution in [2.75, 3.05) is 13.6 Å². The Labute approximate surface area is 153 Å². The smallest absolute Gasteiger partial charge is 0.327 e. The number of Topliss-reactive ketones (excluding diaryl/α,β-unsaturated/α-hetero) is 1. The molecule has 2 heterocycles. The fraction of sp³-hybridized carbons (Fsp3) is 0.650. The van der Waals surface area contributed by atoms with E-state index in [1.165, 1.54) is 25.7 Å². The average Bonchev–Trinajstić information content (AvgIpc) is 3.08. The topological polar surface area (TPSA) is 73.5 Å². The fourth-order valence-corrected chi connectivity index (χ4v) is 5.27. The van der Waals surface area contributed by atoms with E-state index in [1.807, 2.05) is 6.92 Å². The molecule has 3 aliphatic carbocycles. The highest BCUT2D eigenvalue weighted by Gasteiger charge is 2.58. The fourth-order valence-electron chi connectivity index (χ4n) is 5.27. The van der Waals surface area contributed by atoms with Gasteiger partial charge in [-0.25, -0.2) is 4.79 Å². The summed E-state index contributed by atoms with van der Waals surface area (Å²) < 4.78 is 0. The molecule has 1 aromatic heterocycles. The highest BCUT2D eigenvalue weighted by atomic mass is 16.2. The lowest BCUT2D eigenvalue weighted by atomic mass is 9.77. The molecule has 0 aromatic carbocycles. The number of ketones is 1. The number of carbonyl (C=O) groups is 3. The number of imide groups is 1. The molecule has 1 unspecified atom stereocenters. The monoisotopic (exact) mass is 357 g/mol. The first-order chi connectivity index (χ1) is 12.4. The molecule has 0 radical (unpaired) electrons. The van der Waals surface area contributed by atoms with Crippen LogP contribution in [0.3, 0.4) is 0 Å². The summed E-state index contributed by atoms with van der Waals surface area (Å²) in [4.78, 5) is 44.1. The van der Waals surface area contributed by atoms with Crippen LogP contribution in [0.15, 0.2) is 18.3 Å². The lowest BCUT2D eigenvalue weighted by Gasteiger charge is -2.37. The number of nitrogens with zero attached hydrogens (tertiary/aromatic N) is 2. The molecule has 1 aromatic rings. The summed E-state index contributed by atoms with van der Waals surface area (Å²) in [6, 6.07) is 3.05. The summed E-state index contributed by atoms with van der Waals surface area (Å²) >= 11 is 0. The second-order valence-corrected chi connectivity index (χ2v) is 8.44. The molecule has 1 saturated heterocycles. The Kier molecular flexibility index (Phi) is 4.16. The molecule has 4 aliphatic rings. The van der Waals surface area contributed by atoms with Crippen LogP contribution in [0.2, 0.25) is 0 Å². The number of aromatic nitrogens is 1. The van der Waals surface area contributed by atoms with E-state index in [1.54, 1.807) is 30.3 Å². The third kappa shape index (κ3) is 2.58. The van der Waals surface area contributed by atoms with Gasteiger partial charge in [-0.1, -0.05) is 25.7 Å². The molecular weight excluding hydrogens is 330 g/mol. The number of H-pyrrole nitrogens is 1. The molecule has 1 atom stereocenters. The molecule has 6 nitrogen and oxygen atoms in total. The van der Waals surface area contributed by atoms with Crippen molar-refractivity contribution in [1.29, 1.82) is 0 Å². The van der Waals surface area contributed by atoms with E-state index in [-0.39, 0.29) is 30.2 Å². The SMILES string of the molecule is CN1C(=O)N(CC(=O)c2ccc[nH]2)C(=O)C1(C)C1CC2CCC(CC2)C1. The number of fused-ring (bicyclic) bond motifs is 4. The number of hydrogen-bond donors (Lipinski definition) is 1. The Morgan fingerprint density at radius 1 is 1.19 bits per heavy atom.